The predicted octanol–water partition coefficient (Wildman–Crippen LogP) is 4.65. The Hall–Kier alpha value is -4.45. The average Bonchev–Trinajstić information content (AvgIpc) is 2.92. The summed E-state index contributed by atoms with van der Waals surface area (Å²) in [4.78, 5) is 18.7. The number of hydrogen-bond acceptors (Lipinski definition) is 5. The number of aliphatic imine (C=N–C) groups is 1. The molecule has 37 heavy (non-hydrogen) atoms. The molecule has 1 aliphatic rings. The highest BCUT2D eigenvalue weighted by atomic mass is 19.1. The zero-order chi connectivity index (χ0) is 26.3. The van der Waals surface area contributed by atoms with Gasteiger partial charge in [-0.05, 0) is 54.8 Å². The number of rotatable bonds is 6. The number of piperidine rings is 1. The van der Waals surface area contributed by atoms with Crippen LogP contribution in [0, 0.1) is 23.1 Å². The van der Waals surface area contributed by atoms with Crippen molar-refractivity contribution < 1.29 is 23.0 Å². The van der Waals surface area contributed by atoms with Gasteiger partial charge < -0.3 is 19.7 Å². The van der Waals surface area contributed by atoms with E-state index >= 15 is 0 Å². The van der Waals surface area contributed by atoms with E-state index < -0.39 is 17.0 Å². The van der Waals surface area contributed by atoms with Gasteiger partial charge in [-0.25, -0.2) is 8.78 Å². The minimum atomic E-state index is -0.762. The Kier molecular flexibility index (Phi) is 7.98. The smallest absolute Gasteiger partial charge is 0.308 e. The summed E-state index contributed by atoms with van der Waals surface area (Å²) in [6.45, 7) is 0.914. The summed E-state index contributed by atoms with van der Waals surface area (Å²) in [7, 11) is 1.48. The summed E-state index contributed by atoms with van der Waals surface area (Å²) in [5.41, 5.74) is 0.0529. The minimum absolute atomic E-state index is 0.144. The zero-order valence-corrected chi connectivity index (χ0v) is 20.3. The predicted molar refractivity (Wildman–Crippen MR) is 134 cm³/mol. The topological polar surface area (TPSA) is 87.0 Å². The van der Waals surface area contributed by atoms with Crippen molar-refractivity contribution in [2.24, 2.45) is 4.99 Å². The number of methoxy groups -OCH3 is 1. The fraction of sp³-hybridized carbons (Fsp3) is 0.250. The maximum absolute atomic E-state index is 14.2. The SMILES string of the molecule is COc1ccccc1C(=O)NCC1(c2cc(F)cc(F)c2)CCN(/C(=N/C#N)Oc2ccccc2)CC1. The molecule has 1 fully saturated rings. The van der Waals surface area contributed by atoms with Crippen molar-refractivity contribution in [3.05, 3.63) is 95.6 Å². The Labute approximate surface area is 214 Å². The molecule has 1 heterocycles. The van der Waals surface area contributed by atoms with E-state index in [0.29, 0.717) is 48.6 Å². The van der Waals surface area contributed by atoms with Crippen molar-refractivity contribution >= 4 is 11.9 Å². The van der Waals surface area contributed by atoms with Crippen LogP contribution in [-0.2, 0) is 5.41 Å². The summed E-state index contributed by atoms with van der Waals surface area (Å²) >= 11 is 0. The van der Waals surface area contributed by atoms with Gasteiger partial charge in [0.1, 0.15) is 23.1 Å². The van der Waals surface area contributed by atoms with Crippen LogP contribution >= 0.6 is 0 Å². The number of nitrogens with zero attached hydrogens (tertiary/aromatic N) is 3. The number of ether oxygens (including phenoxy) is 2. The number of para-hydroxylation sites is 2. The van der Waals surface area contributed by atoms with Crippen molar-refractivity contribution in [1.82, 2.24) is 10.2 Å². The van der Waals surface area contributed by atoms with E-state index in [1.165, 1.54) is 19.2 Å². The highest BCUT2D eigenvalue weighted by molar-refractivity contribution is 5.97. The molecule has 1 N–H and O–H groups in total. The number of amides is 1. The molecule has 0 atom stereocenters. The van der Waals surface area contributed by atoms with Crippen LogP contribution in [0.2, 0.25) is 0 Å². The Balaban J connectivity index is 1.57. The second kappa shape index (κ2) is 11.5. The van der Waals surface area contributed by atoms with E-state index in [0.717, 1.165) is 6.07 Å². The summed E-state index contributed by atoms with van der Waals surface area (Å²) in [5.74, 6) is -0.769. The van der Waals surface area contributed by atoms with E-state index in [1.807, 2.05) is 23.1 Å². The molecular weight excluding hydrogens is 478 g/mol. The van der Waals surface area contributed by atoms with Crippen LogP contribution in [0.4, 0.5) is 8.78 Å². The fourth-order valence-corrected chi connectivity index (χ4v) is 4.53. The average molecular weight is 505 g/mol. The first-order valence-electron chi connectivity index (χ1n) is 11.8. The van der Waals surface area contributed by atoms with E-state index in [1.54, 1.807) is 42.6 Å². The Morgan fingerprint density at radius 1 is 1.05 bits per heavy atom. The zero-order valence-electron chi connectivity index (χ0n) is 20.3. The summed E-state index contributed by atoms with van der Waals surface area (Å²) in [6, 6.07) is 19.4. The molecule has 7 nitrogen and oxygen atoms in total. The van der Waals surface area contributed by atoms with E-state index in [2.05, 4.69) is 10.3 Å². The van der Waals surface area contributed by atoms with Gasteiger partial charge in [0, 0.05) is 31.1 Å². The minimum Gasteiger partial charge on any atom is -0.496 e. The van der Waals surface area contributed by atoms with Gasteiger partial charge in [0.15, 0.2) is 0 Å². The molecule has 0 radical (unpaired) electrons. The third-order valence-corrected chi connectivity index (χ3v) is 6.50. The number of amidine groups is 1. The van der Waals surface area contributed by atoms with Gasteiger partial charge in [-0.2, -0.15) is 5.26 Å². The molecule has 1 aliphatic heterocycles. The van der Waals surface area contributed by atoms with Crippen molar-refractivity contribution in [1.29, 1.82) is 5.26 Å². The number of nitrogens with one attached hydrogen (secondary N) is 1. The standard InChI is InChI=1S/C28H26F2N4O3/c1-36-25-10-6-5-9-24(25)26(35)32-18-28(20-15-21(29)17-22(30)16-20)11-13-34(14-12-28)27(33-19-31)37-23-7-3-2-4-8-23/h2-10,15-17H,11-14,18H2,1H3,(H,32,35)/b33-27-. The van der Waals surface area contributed by atoms with Crippen molar-refractivity contribution in [3.8, 4) is 17.7 Å². The molecule has 0 saturated carbocycles. The molecule has 0 spiro atoms. The molecule has 4 rings (SSSR count). The van der Waals surface area contributed by atoms with E-state index in [9.17, 15) is 18.8 Å². The molecular formula is C28H26F2N4O3. The molecule has 3 aromatic rings. The maximum atomic E-state index is 14.2. The quantitative estimate of drug-likeness (QED) is 0.300. The van der Waals surface area contributed by atoms with Crippen LogP contribution in [0.5, 0.6) is 11.5 Å². The molecule has 1 saturated heterocycles. The molecule has 0 aliphatic carbocycles. The van der Waals surface area contributed by atoms with Crippen LogP contribution in [-0.4, -0.2) is 43.6 Å². The van der Waals surface area contributed by atoms with Gasteiger partial charge in [-0.3, -0.25) is 4.79 Å². The van der Waals surface area contributed by atoms with Gasteiger partial charge >= 0.3 is 6.02 Å². The third-order valence-electron chi connectivity index (χ3n) is 6.50. The lowest BCUT2D eigenvalue weighted by atomic mass is 9.72. The van der Waals surface area contributed by atoms with Crippen molar-refractivity contribution in [2.45, 2.75) is 18.3 Å². The lowest BCUT2D eigenvalue weighted by molar-refractivity contribution is 0.0927. The number of benzene rings is 3. The van der Waals surface area contributed by atoms with Crippen molar-refractivity contribution in [2.75, 3.05) is 26.7 Å². The summed E-state index contributed by atoms with van der Waals surface area (Å²) in [6.07, 6.45) is 2.62. The first-order chi connectivity index (χ1) is 17.9. The number of nitriles is 1. The van der Waals surface area contributed by atoms with Crippen LogP contribution in [0.25, 0.3) is 0 Å². The number of halogens is 2. The van der Waals surface area contributed by atoms with Gasteiger partial charge in [0.25, 0.3) is 5.91 Å². The van der Waals surface area contributed by atoms with Gasteiger partial charge in [0.2, 0.25) is 6.19 Å². The monoisotopic (exact) mass is 504 g/mol. The van der Waals surface area contributed by atoms with Crippen LogP contribution < -0.4 is 14.8 Å². The third kappa shape index (κ3) is 6.04. The molecule has 1 amide bonds. The largest absolute Gasteiger partial charge is 0.496 e. The number of carbonyl (C=O) groups is 1. The van der Waals surface area contributed by atoms with Crippen molar-refractivity contribution in [3.63, 3.8) is 0 Å². The fourth-order valence-electron chi connectivity index (χ4n) is 4.53. The van der Waals surface area contributed by atoms with Gasteiger partial charge in [-0.15, -0.1) is 4.99 Å². The molecule has 9 heteroatoms. The number of carbonyl (C=O) groups excluding carboxylic acids is 1. The maximum Gasteiger partial charge on any atom is 0.308 e. The van der Waals surface area contributed by atoms with Crippen LogP contribution in [0.15, 0.2) is 77.8 Å². The molecule has 0 unspecified atom stereocenters. The number of likely N-dealkylation sites (tertiary alicyclic amines) is 1. The summed E-state index contributed by atoms with van der Waals surface area (Å²) < 4.78 is 39.6. The lowest BCUT2D eigenvalue weighted by Gasteiger charge is -2.42. The normalized spacial score (nSPS) is 15.0. The summed E-state index contributed by atoms with van der Waals surface area (Å²) in [5, 5.41) is 12.1. The second-order valence-corrected chi connectivity index (χ2v) is 8.72. The molecule has 190 valence electrons. The number of hydrogen-bond donors (Lipinski definition) is 1. The highest BCUT2D eigenvalue weighted by Gasteiger charge is 2.39. The van der Waals surface area contributed by atoms with E-state index in [4.69, 9.17) is 9.47 Å². The van der Waals surface area contributed by atoms with Crippen LogP contribution in [0.3, 0.4) is 0 Å². The molecule has 0 aromatic heterocycles. The molecule has 3 aromatic carbocycles. The van der Waals surface area contributed by atoms with Gasteiger partial charge in [-0.1, -0.05) is 30.3 Å². The van der Waals surface area contributed by atoms with E-state index in [-0.39, 0.29) is 18.5 Å². The van der Waals surface area contributed by atoms with Gasteiger partial charge in [0.05, 0.1) is 12.7 Å². The Morgan fingerprint density at radius 2 is 1.70 bits per heavy atom. The second-order valence-electron chi connectivity index (χ2n) is 8.72. The highest BCUT2D eigenvalue weighted by Crippen LogP contribution is 2.36. The lowest BCUT2D eigenvalue weighted by Crippen LogP contribution is -2.51. The Morgan fingerprint density at radius 3 is 2.35 bits per heavy atom. The first kappa shape index (κ1) is 25.6. The molecule has 0 bridgehead atoms. The Bertz CT molecular complexity index is 1300. The van der Waals surface area contributed by atoms with Crippen LogP contribution in [0.1, 0.15) is 28.8 Å². The first-order valence-corrected chi connectivity index (χ1v) is 11.8.